The number of allylic oxidation sites excluding steroid dienone is 1. The van der Waals surface area contributed by atoms with E-state index in [1.165, 1.54) is 19.1 Å². The minimum Gasteiger partial charge on any atom is -0.491 e. The van der Waals surface area contributed by atoms with Crippen molar-refractivity contribution >= 4 is 0 Å². The van der Waals surface area contributed by atoms with Crippen molar-refractivity contribution in [1.29, 1.82) is 0 Å². The summed E-state index contributed by atoms with van der Waals surface area (Å²) in [6, 6.07) is 4.06. The topological polar surface area (TPSA) is 27.7 Å². The molecule has 2 aliphatic rings. The molecule has 0 N–H and O–H groups in total. The second-order valence-corrected chi connectivity index (χ2v) is 8.64. The number of fused-ring (bicyclic) bond motifs is 3. The Morgan fingerprint density at radius 3 is 2.00 bits per heavy atom. The lowest BCUT2D eigenvalue weighted by Crippen LogP contribution is -2.41. The van der Waals surface area contributed by atoms with E-state index in [2.05, 4.69) is 0 Å². The molecule has 2 aromatic rings. The Bertz CT molecular complexity index is 1250. The highest BCUT2D eigenvalue weighted by atomic mass is 19.3. The largest absolute Gasteiger partial charge is 0.491 e. The first kappa shape index (κ1) is 26.1. The highest BCUT2D eigenvalue weighted by Crippen LogP contribution is 2.60. The molecule has 0 heterocycles. The van der Waals surface area contributed by atoms with E-state index < -0.39 is 75.1 Å². The fourth-order valence-corrected chi connectivity index (χ4v) is 4.44. The van der Waals surface area contributed by atoms with Crippen molar-refractivity contribution in [2.75, 3.05) is 13.2 Å². The summed E-state index contributed by atoms with van der Waals surface area (Å²) in [6.07, 6.45) is 2.80. The van der Waals surface area contributed by atoms with Gasteiger partial charge in [-0.25, -0.2) is 13.2 Å². The molecule has 0 fully saturated rings. The fraction of sp³-hybridized carbons (Fsp3) is 0.385. The number of halogens is 7. The number of benzene rings is 2. The molecule has 0 bridgehead atoms. The maximum absolute atomic E-state index is 15.3. The van der Waals surface area contributed by atoms with Crippen molar-refractivity contribution in [1.82, 2.24) is 0 Å². The van der Waals surface area contributed by atoms with Gasteiger partial charge in [0.25, 0.3) is 0 Å². The van der Waals surface area contributed by atoms with Gasteiger partial charge in [0.15, 0.2) is 23.2 Å². The summed E-state index contributed by atoms with van der Waals surface area (Å²) in [4.78, 5) is 0. The molecule has 0 amide bonds. The van der Waals surface area contributed by atoms with Crippen LogP contribution in [0.1, 0.15) is 43.9 Å². The molecule has 2 aliphatic carbocycles. The van der Waals surface area contributed by atoms with Crippen molar-refractivity contribution in [2.45, 2.75) is 51.2 Å². The van der Waals surface area contributed by atoms with Gasteiger partial charge in [-0.1, -0.05) is 12.1 Å². The third kappa shape index (κ3) is 4.05. The second kappa shape index (κ2) is 9.14. The van der Waals surface area contributed by atoms with Gasteiger partial charge in [-0.3, -0.25) is 0 Å². The van der Waals surface area contributed by atoms with Gasteiger partial charge in [0.2, 0.25) is 0 Å². The Kier molecular flexibility index (Phi) is 6.61. The molecule has 2 aromatic carbocycles. The van der Waals surface area contributed by atoms with E-state index in [4.69, 9.17) is 14.2 Å². The quantitative estimate of drug-likeness (QED) is 0.354. The van der Waals surface area contributed by atoms with Gasteiger partial charge in [0.1, 0.15) is 12.4 Å². The summed E-state index contributed by atoms with van der Waals surface area (Å²) in [7, 11) is 0. The summed E-state index contributed by atoms with van der Waals surface area (Å²) in [6.45, 7) is 4.43. The smallest absolute Gasteiger partial charge is 0.343 e. The SMILES string of the molecule is CCOc1ccc2c(c1F)C(F)(F)C(F)(F)c1c-2ccc(COC2=CCC(C)(OCC)C=C2F)c1F. The van der Waals surface area contributed by atoms with Crippen LogP contribution in [-0.4, -0.2) is 18.8 Å². The molecule has 10 heteroatoms. The maximum Gasteiger partial charge on any atom is 0.343 e. The standard InChI is InChI=1S/C26H23F7O3/c1-4-34-19-9-8-16-15-7-6-14(13-35-18-10-11-24(3,36-5-2)12-17(18)27)22(28)20(15)25(30,31)26(32,33)21(16)23(19)29/h6-10,12H,4-5,11,13H2,1-3H3. The average molecular weight is 516 g/mol. The predicted molar refractivity (Wildman–Crippen MR) is 117 cm³/mol. The van der Waals surface area contributed by atoms with E-state index in [9.17, 15) is 17.6 Å². The van der Waals surface area contributed by atoms with Crippen molar-refractivity contribution in [3.8, 4) is 16.9 Å². The van der Waals surface area contributed by atoms with Gasteiger partial charge in [0.05, 0.1) is 23.3 Å². The molecule has 3 nitrogen and oxygen atoms in total. The van der Waals surface area contributed by atoms with Crippen molar-refractivity contribution < 1.29 is 44.9 Å². The van der Waals surface area contributed by atoms with Crippen LogP contribution in [0.5, 0.6) is 5.75 Å². The van der Waals surface area contributed by atoms with Gasteiger partial charge in [-0.2, -0.15) is 17.6 Å². The third-order valence-corrected chi connectivity index (χ3v) is 6.16. The van der Waals surface area contributed by atoms with Crippen LogP contribution in [0, 0.1) is 11.6 Å². The average Bonchev–Trinajstić information content (AvgIpc) is 2.79. The van der Waals surface area contributed by atoms with E-state index in [1.54, 1.807) is 13.8 Å². The monoisotopic (exact) mass is 516 g/mol. The van der Waals surface area contributed by atoms with Gasteiger partial charge in [-0.05, 0) is 56.2 Å². The van der Waals surface area contributed by atoms with Crippen LogP contribution < -0.4 is 4.74 Å². The lowest BCUT2D eigenvalue weighted by atomic mass is 9.79. The molecule has 194 valence electrons. The molecule has 36 heavy (non-hydrogen) atoms. The molecule has 0 radical (unpaired) electrons. The molecule has 0 aromatic heterocycles. The van der Waals surface area contributed by atoms with Crippen LogP contribution in [0.25, 0.3) is 11.1 Å². The Hall–Kier alpha value is -3.01. The van der Waals surface area contributed by atoms with Crippen LogP contribution in [0.4, 0.5) is 30.7 Å². The Morgan fingerprint density at radius 1 is 0.806 bits per heavy atom. The second-order valence-electron chi connectivity index (χ2n) is 8.64. The van der Waals surface area contributed by atoms with Gasteiger partial charge >= 0.3 is 11.8 Å². The Labute approximate surface area is 203 Å². The van der Waals surface area contributed by atoms with E-state index >= 15 is 13.2 Å². The number of alkyl halides is 4. The van der Waals surface area contributed by atoms with E-state index in [-0.39, 0.29) is 18.8 Å². The number of ether oxygens (including phenoxy) is 3. The molecule has 0 spiro atoms. The third-order valence-electron chi connectivity index (χ3n) is 6.16. The molecule has 0 aliphatic heterocycles. The molecule has 0 saturated heterocycles. The van der Waals surface area contributed by atoms with Crippen LogP contribution in [-0.2, 0) is 27.9 Å². The number of hydrogen-bond donors (Lipinski definition) is 0. The van der Waals surface area contributed by atoms with Crippen LogP contribution >= 0.6 is 0 Å². The summed E-state index contributed by atoms with van der Waals surface area (Å²) in [5.41, 5.74) is -5.70. The maximum atomic E-state index is 15.3. The van der Waals surface area contributed by atoms with Crippen molar-refractivity contribution in [3.05, 3.63) is 76.3 Å². The Morgan fingerprint density at radius 2 is 1.42 bits per heavy atom. The summed E-state index contributed by atoms with van der Waals surface area (Å²) < 4.78 is 120. The molecule has 0 saturated carbocycles. The van der Waals surface area contributed by atoms with Crippen LogP contribution in [0.2, 0.25) is 0 Å². The molecule has 1 atom stereocenters. The van der Waals surface area contributed by atoms with Gasteiger partial charge < -0.3 is 14.2 Å². The first-order valence-electron chi connectivity index (χ1n) is 11.3. The van der Waals surface area contributed by atoms with Gasteiger partial charge in [-0.15, -0.1) is 0 Å². The van der Waals surface area contributed by atoms with Crippen molar-refractivity contribution in [3.63, 3.8) is 0 Å². The summed E-state index contributed by atoms with van der Waals surface area (Å²) in [5.74, 6) is -15.1. The lowest BCUT2D eigenvalue weighted by Gasteiger charge is -2.35. The van der Waals surface area contributed by atoms with E-state index in [0.717, 1.165) is 24.3 Å². The Balaban J connectivity index is 1.71. The summed E-state index contributed by atoms with van der Waals surface area (Å²) >= 11 is 0. The fourth-order valence-electron chi connectivity index (χ4n) is 4.44. The summed E-state index contributed by atoms with van der Waals surface area (Å²) in [5, 5.41) is 0. The predicted octanol–water partition coefficient (Wildman–Crippen LogP) is 7.68. The highest BCUT2D eigenvalue weighted by Gasteiger charge is 2.65. The zero-order valence-corrected chi connectivity index (χ0v) is 19.7. The first-order chi connectivity index (χ1) is 16.9. The zero-order valence-electron chi connectivity index (χ0n) is 19.7. The minimum absolute atomic E-state index is 0.0800. The van der Waals surface area contributed by atoms with Crippen LogP contribution in [0.15, 0.2) is 48.0 Å². The van der Waals surface area contributed by atoms with Crippen LogP contribution in [0.3, 0.4) is 0 Å². The lowest BCUT2D eigenvalue weighted by molar-refractivity contribution is -0.228. The normalized spacial score (nSPS) is 21.7. The van der Waals surface area contributed by atoms with Gasteiger partial charge in [0, 0.05) is 18.6 Å². The number of rotatable bonds is 7. The first-order valence-corrected chi connectivity index (χ1v) is 11.3. The highest BCUT2D eigenvalue weighted by molar-refractivity contribution is 5.77. The molecular weight excluding hydrogens is 493 g/mol. The van der Waals surface area contributed by atoms with E-state index in [1.807, 2.05) is 0 Å². The molecule has 4 rings (SSSR count). The molecule has 1 unspecified atom stereocenters. The van der Waals surface area contributed by atoms with E-state index in [0.29, 0.717) is 6.61 Å². The zero-order chi connectivity index (χ0) is 26.5. The molecular formula is C26H23F7O3. The number of hydrogen-bond acceptors (Lipinski definition) is 3. The minimum atomic E-state index is -5.09. The van der Waals surface area contributed by atoms with Crippen molar-refractivity contribution in [2.24, 2.45) is 0 Å².